The second-order valence-electron chi connectivity index (χ2n) is 8.64. The largest absolute Gasteiger partial charge is 0.507 e. The molecule has 0 radical (unpaired) electrons. The smallest absolute Gasteiger partial charge is 0.301 e. The molecule has 6 rings (SSSR count). The zero-order valence-electron chi connectivity index (χ0n) is 20.1. The minimum absolute atomic E-state index is 0.132. The number of halogens is 1. The average molecular weight is 533 g/mol. The number of aliphatic hydroxyl groups excluding tert-OH is 1. The average Bonchev–Trinajstić information content (AvgIpc) is 3.46. The minimum atomic E-state index is -1.03. The molecule has 0 bridgehead atoms. The van der Waals surface area contributed by atoms with Crippen LogP contribution in [0.3, 0.4) is 0 Å². The summed E-state index contributed by atoms with van der Waals surface area (Å²) in [6, 6.07) is 14.6. The Morgan fingerprint density at radius 2 is 1.84 bits per heavy atom. The Balaban J connectivity index is 1.51. The van der Waals surface area contributed by atoms with Gasteiger partial charge < -0.3 is 19.3 Å². The summed E-state index contributed by atoms with van der Waals surface area (Å²) >= 11 is 1.22. The molecular weight excluding hydrogens is 511 g/mol. The Kier molecular flexibility index (Phi) is 5.96. The highest BCUT2D eigenvalue weighted by atomic mass is 32.1. The van der Waals surface area contributed by atoms with Crippen molar-refractivity contribution in [1.29, 1.82) is 0 Å². The number of carbonyl (C=O) groups is 2. The zero-order chi connectivity index (χ0) is 26.4. The molecule has 3 heterocycles. The van der Waals surface area contributed by atoms with Crippen molar-refractivity contribution in [2.75, 3.05) is 24.7 Å². The first-order chi connectivity index (χ1) is 18.4. The highest BCUT2D eigenvalue weighted by Gasteiger charge is 2.48. The Bertz CT molecular complexity index is 1610. The van der Waals surface area contributed by atoms with Crippen LogP contribution < -0.4 is 19.1 Å². The van der Waals surface area contributed by atoms with E-state index in [0.717, 1.165) is 4.70 Å². The Morgan fingerprint density at radius 3 is 2.61 bits per heavy atom. The summed E-state index contributed by atoms with van der Waals surface area (Å²) in [6.45, 7) is 3.13. The lowest BCUT2D eigenvalue weighted by atomic mass is 9.95. The molecule has 3 aromatic carbocycles. The van der Waals surface area contributed by atoms with Crippen molar-refractivity contribution >= 4 is 44.1 Å². The van der Waals surface area contributed by atoms with Crippen LogP contribution in [0.25, 0.3) is 16.0 Å². The minimum Gasteiger partial charge on any atom is -0.507 e. The quantitative estimate of drug-likeness (QED) is 0.213. The van der Waals surface area contributed by atoms with E-state index in [9.17, 15) is 19.1 Å². The van der Waals surface area contributed by atoms with E-state index in [0.29, 0.717) is 48.1 Å². The monoisotopic (exact) mass is 532 g/mol. The standard InChI is InChI=1S/C28H21FN2O6S/c1-2-35-18-8-9-19-22(14-18)38-28(30-19)31-24(15-3-6-17(29)7-4-15)23(26(33)27(31)34)25(32)16-5-10-20-21(13-16)37-12-11-36-20/h3-10,13-14,24,32H,2,11-12H2,1H3/b25-23+/t24-/m1/s1. The molecule has 0 saturated carbocycles. The van der Waals surface area contributed by atoms with Gasteiger partial charge in [-0.05, 0) is 61.0 Å². The number of carbonyl (C=O) groups excluding carboxylic acids is 2. The van der Waals surface area contributed by atoms with Gasteiger partial charge in [-0.2, -0.15) is 0 Å². The second kappa shape index (κ2) is 9.46. The van der Waals surface area contributed by atoms with Crippen LogP contribution in [0.1, 0.15) is 24.1 Å². The highest BCUT2D eigenvalue weighted by molar-refractivity contribution is 7.22. The molecule has 2 aliphatic rings. The van der Waals surface area contributed by atoms with Gasteiger partial charge in [-0.1, -0.05) is 23.5 Å². The number of nitrogens with zero attached hydrogens (tertiary/aromatic N) is 2. The van der Waals surface area contributed by atoms with Crippen molar-refractivity contribution in [1.82, 2.24) is 4.98 Å². The van der Waals surface area contributed by atoms with Gasteiger partial charge in [0.05, 0.1) is 28.4 Å². The number of amides is 1. The van der Waals surface area contributed by atoms with E-state index >= 15 is 0 Å². The molecule has 1 amide bonds. The molecule has 0 spiro atoms. The fourth-order valence-electron chi connectivity index (χ4n) is 4.59. The second-order valence-corrected chi connectivity index (χ2v) is 9.65. The fourth-order valence-corrected chi connectivity index (χ4v) is 5.61. The summed E-state index contributed by atoms with van der Waals surface area (Å²) < 4.78 is 31.3. The summed E-state index contributed by atoms with van der Waals surface area (Å²) in [6.07, 6.45) is 0. The fraction of sp³-hybridized carbons (Fsp3) is 0.179. The topological polar surface area (TPSA) is 98.2 Å². The van der Waals surface area contributed by atoms with E-state index < -0.39 is 23.5 Å². The van der Waals surface area contributed by atoms with Crippen LogP contribution in [0.5, 0.6) is 17.2 Å². The molecule has 1 fully saturated rings. The number of anilines is 1. The maximum Gasteiger partial charge on any atom is 0.301 e. The molecule has 1 atom stereocenters. The van der Waals surface area contributed by atoms with Gasteiger partial charge in [0, 0.05) is 5.56 Å². The van der Waals surface area contributed by atoms with Gasteiger partial charge >= 0.3 is 5.91 Å². The number of ether oxygens (including phenoxy) is 3. The molecule has 1 saturated heterocycles. The van der Waals surface area contributed by atoms with E-state index in [2.05, 4.69) is 4.98 Å². The molecular formula is C28H21FN2O6S. The van der Waals surface area contributed by atoms with Crippen molar-refractivity contribution < 1.29 is 33.3 Å². The van der Waals surface area contributed by atoms with E-state index in [1.807, 2.05) is 13.0 Å². The Labute approximate surface area is 220 Å². The number of rotatable bonds is 5. The number of benzene rings is 3. The predicted octanol–water partition coefficient (Wildman–Crippen LogP) is 5.23. The number of Topliss-reactive ketones (excluding diaryl/α,β-unsaturated/α-hetero) is 1. The van der Waals surface area contributed by atoms with Crippen molar-refractivity contribution in [3.8, 4) is 17.2 Å². The summed E-state index contributed by atoms with van der Waals surface area (Å²) in [5, 5.41) is 11.6. The molecule has 1 N–H and O–H groups in total. The lowest BCUT2D eigenvalue weighted by molar-refractivity contribution is -0.132. The van der Waals surface area contributed by atoms with Gasteiger partial charge in [0.2, 0.25) is 0 Å². The molecule has 1 aromatic heterocycles. The van der Waals surface area contributed by atoms with Gasteiger partial charge in [0.15, 0.2) is 16.6 Å². The van der Waals surface area contributed by atoms with Crippen molar-refractivity contribution in [2.24, 2.45) is 0 Å². The molecule has 4 aromatic rings. The number of hydrogen-bond donors (Lipinski definition) is 1. The molecule has 8 nitrogen and oxygen atoms in total. The number of aliphatic hydroxyl groups is 1. The zero-order valence-corrected chi connectivity index (χ0v) is 21.0. The molecule has 38 heavy (non-hydrogen) atoms. The lowest BCUT2D eigenvalue weighted by Gasteiger charge is -2.23. The maximum atomic E-state index is 13.8. The SMILES string of the molecule is CCOc1ccc2nc(N3C(=O)C(=O)/C(=C(/O)c4ccc5c(c4)OCCO5)[C@H]3c3ccc(F)cc3)sc2c1. The first-order valence-corrected chi connectivity index (χ1v) is 12.8. The Hall–Kier alpha value is -4.44. The van der Waals surface area contributed by atoms with Gasteiger partial charge in [-0.15, -0.1) is 0 Å². The van der Waals surface area contributed by atoms with E-state index in [1.54, 1.807) is 30.3 Å². The third kappa shape index (κ3) is 4.03. The normalized spacial score (nSPS) is 18.3. The van der Waals surface area contributed by atoms with Crippen LogP contribution in [0.4, 0.5) is 9.52 Å². The lowest BCUT2D eigenvalue weighted by Crippen LogP contribution is -2.29. The number of fused-ring (bicyclic) bond motifs is 2. The van der Waals surface area contributed by atoms with Crippen molar-refractivity contribution in [2.45, 2.75) is 13.0 Å². The maximum absolute atomic E-state index is 13.8. The van der Waals surface area contributed by atoms with Crippen LogP contribution in [-0.2, 0) is 9.59 Å². The van der Waals surface area contributed by atoms with Crippen LogP contribution in [0.15, 0.2) is 66.2 Å². The van der Waals surface area contributed by atoms with Gasteiger partial charge in [-0.25, -0.2) is 9.37 Å². The summed E-state index contributed by atoms with van der Waals surface area (Å²) in [7, 11) is 0. The summed E-state index contributed by atoms with van der Waals surface area (Å²) in [5.74, 6) is -0.972. The summed E-state index contributed by atoms with van der Waals surface area (Å²) in [4.78, 5) is 32.7. The van der Waals surface area contributed by atoms with Gasteiger partial charge in [-0.3, -0.25) is 14.5 Å². The van der Waals surface area contributed by atoms with Crippen LogP contribution >= 0.6 is 11.3 Å². The number of hydrogen-bond acceptors (Lipinski definition) is 8. The molecule has 2 aliphatic heterocycles. The van der Waals surface area contributed by atoms with Crippen molar-refractivity contribution in [3.05, 3.63) is 83.2 Å². The first kappa shape index (κ1) is 23.9. The van der Waals surface area contributed by atoms with E-state index in [1.165, 1.54) is 40.5 Å². The number of aromatic nitrogens is 1. The van der Waals surface area contributed by atoms with Gasteiger partial charge in [0.1, 0.15) is 30.5 Å². The molecule has 0 aliphatic carbocycles. The predicted molar refractivity (Wildman–Crippen MR) is 139 cm³/mol. The van der Waals surface area contributed by atoms with Crippen molar-refractivity contribution in [3.63, 3.8) is 0 Å². The third-order valence-corrected chi connectivity index (χ3v) is 7.33. The van der Waals surface area contributed by atoms with E-state index in [-0.39, 0.29) is 22.0 Å². The number of ketones is 1. The third-order valence-electron chi connectivity index (χ3n) is 6.31. The molecule has 192 valence electrons. The van der Waals surface area contributed by atoms with Crippen LogP contribution in [-0.4, -0.2) is 41.6 Å². The van der Waals surface area contributed by atoms with E-state index in [4.69, 9.17) is 14.2 Å². The van der Waals surface area contributed by atoms with Crippen LogP contribution in [0, 0.1) is 5.82 Å². The first-order valence-electron chi connectivity index (χ1n) is 11.9. The van der Waals surface area contributed by atoms with Gasteiger partial charge in [0.25, 0.3) is 5.78 Å². The Morgan fingerprint density at radius 1 is 1.08 bits per heavy atom. The highest BCUT2D eigenvalue weighted by Crippen LogP contribution is 2.45. The summed E-state index contributed by atoms with van der Waals surface area (Å²) in [5.41, 5.74) is 1.22. The van der Waals surface area contributed by atoms with Crippen LogP contribution in [0.2, 0.25) is 0 Å². The number of thiazole rings is 1. The molecule has 10 heteroatoms. The molecule has 0 unspecified atom stereocenters.